The molecule has 0 aromatic heterocycles. The van der Waals surface area contributed by atoms with E-state index in [-0.39, 0.29) is 10.7 Å². The maximum Gasteiger partial charge on any atom is 0.237 e. The van der Waals surface area contributed by atoms with Crippen molar-refractivity contribution in [3.8, 4) is 0 Å². The van der Waals surface area contributed by atoms with Crippen LogP contribution in [0.15, 0.2) is 24.3 Å². The summed E-state index contributed by atoms with van der Waals surface area (Å²) in [5, 5.41) is 2.89. The molecule has 0 heterocycles. The van der Waals surface area contributed by atoms with Crippen LogP contribution in [-0.2, 0) is 11.3 Å². The van der Waals surface area contributed by atoms with E-state index in [0.29, 0.717) is 0 Å². The van der Waals surface area contributed by atoms with E-state index in [0.717, 1.165) is 25.3 Å². The predicted octanol–water partition coefficient (Wildman–Crippen LogP) is 3.25. The first-order chi connectivity index (χ1) is 8.56. The van der Waals surface area contributed by atoms with Crippen LogP contribution >= 0.6 is 15.9 Å². The molecule has 0 saturated carbocycles. The van der Waals surface area contributed by atoms with Crippen molar-refractivity contribution in [2.45, 2.75) is 32.1 Å². The number of carbonyl (C=O) groups excluding carboxylic acids is 1. The van der Waals surface area contributed by atoms with Crippen LogP contribution in [0.2, 0.25) is 0 Å². The van der Waals surface area contributed by atoms with Gasteiger partial charge >= 0.3 is 0 Å². The second kappa shape index (κ2) is 7.54. The molecule has 1 unspecified atom stereocenters. The number of hydrogen-bond donors (Lipinski definition) is 1. The average molecular weight is 313 g/mol. The van der Waals surface area contributed by atoms with E-state index in [1.54, 1.807) is 0 Å². The molecule has 18 heavy (non-hydrogen) atoms. The highest BCUT2D eigenvalue weighted by molar-refractivity contribution is 9.10. The smallest absolute Gasteiger partial charge is 0.237 e. The fraction of sp³-hybridized carbons (Fsp3) is 0.500. The van der Waals surface area contributed by atoms with Crippen LogP contribution in [0, 0.1) is 0 Å². The largest absolute Gasteiger partial charge is 0.325 e. The number of rotatable bonds is 6. The number of benzene rings is 1. The van der Waals surface area contributed by atoms with Gasteiger partial charge < -0.3 is 5.32 Å². The quantitative estimate of drug-likeness (QED) is 0.818. The third-order valence-electron chi connectivity index (χ3n) is 2.86. The lowest BCUT2D eigenvalue weighted by Gasteiger charge is -2.18. The number of amides is 1. The molecule has 1 amide bonds. The van der Waals surface area contributed by atoms with E-state index in [2.05, 4.69) is 46.1 Å². The fourth-order valence-electron chi connectivity index (χ4n) is 1.69. The second-order valence-corrected chi connectivity index (χ2v) is 5.64. The van der Waals surface area contributed by atoms with E-state index < -0.39 is 0 Å². The summed E-state index contributed by atoms with van der Waals surface area (Å²) in [4.78, 5) is 13.8. The van der Waals surface area contributed by atoms with E-state index >= 15 is 0 Å². The third-order valence-corrected chi connectivity index (χ3v) is 3.27. The summed E-state index contributed by atoms with van der Waals surface area (Å²) in [6, 6.07) is 8.02. The fourth-order valence-corrected chi connectivity index (χ4v) is 1.81. The van der Waals surface area contributed by atoms with Crippen molar-refractivity contribution in [3.05, 3.63) is 29.8 Å². The summed E-state index contributed by atoms with van der Waals surface area (Å²) in [5.41, 5.74) is 2.08. The molecule has 0 saturated heterocycles. The van der Waals surface area contributed by atoms with Crippen molar-refractivity contribution in [2.75, 3.05) is 18.4 Å². The summed E-state index contributed by atoms with van der Waals surface area (Å²) >= 11 is 3.26. The SMILES string of the molecule is CCN(CC)Cc1cccc(NC(=O)C(C)Br)c1. The first-order valence-electron chi connectivity index (χ1n) is 6.33. The molecule has 1 rings (SSSR count). The number of carbonyl (C=O) groups is 1. The van der Waals surface area contributed by atoms with Gasteiger partial charge in [0.15, 0.2) is 0 Å². The Bertz CT molecular complexity index is 389. The standard InChI is InChI=1S/C14H21BrN2O/c1-4-17(5-2)10-12-7-6-8-13(9-12)16-14(18)11(3)15/h6-9,11H,4-5,10H2,1-3H3,(H,16,18). The maximum absolute atomic E-state index is 11.6. The zero-order valence-electron chi connectivity index (χ0n) is 11.2. The summed E-state index contributed by atoms with van der Waals surface area (Å²) in [6.07, 6.45) is 0. The van der Waals surface area contributed by atoms with Gasteiger partial charge in [0, 0.05) is 12.2 Å². The van der Waals surface area contributed by atoms with Crippen molar-refractivity contribution < 1.29 is 4.79 Å². The summed E-state index contributed by atoms with van der Waals surface area (Å²) in [5.74, 6) is -0.0185. The molecule has 0 aliphatic carbocycles. The number of halogens is 1. The lowest BCUT2D eigenvalue weighted by atomic mass is 10.2. The van der Waals surface area contributed by atoms with E-state index in [9.17, 15) is 4.79 Å². The minimum Gasteiger partial charge on any atom is -0.325 e. The molecular formula is C14H21BrN2O. The predicted molar refractivity (Wildman–Crippen MR) is 80.1 cm³/mol. The lowest BCUT2D eigenvalue weighted by Crippen LogP contribution is -2.22. The van der Waals surface area contributed by atoms with E-state index in [1.807, 2.05) is 25.1 Å². The highest BCUT2D eigenvalue weighted by atomic mass is 79.9. The first-order valence-corrected chi connectivity index (χ1v) is 7.24. The van der Waals surface area contributed by atoms with Crippen LogP contribution in [0.5, 0.6) is 0 Å². The van der Waals surface area contributed by atoms with Crippen molar-refractivity contribution in [1.82, 2.24) is 4.90 Å². The van der Waals surface area contributed by atoms with Crippen LogP contribution in [0.1, 0.15) is 26.3 Å². The Balaban J connectivity index is 2.70. The normalized spacial score (nSPS) is 12.5. The number of hydrogen-bond acceptors (Lipinski definition) is 2. The average Bonchev–Trinajstić information content (AvgIpc) is 2.36. The third kappa shape index (κ3) is 4.78. The Hall–Kier alpha value is -0.870. The van der Waals surface area contributed by atoms with Gasteiger partial charge in [-0.15, -0.1) is 0 Å². The zero-order chi connectivity index (χ0) is 13.5. The molecule has 1 N–H and O–H groups in total. The Morgan fingerprint density at radius 1 is 1.39 bits per heavy atom. The number of alkyl halides is 1. The molecular weight excluding hydrogens is 292 g/mol. The van der Waals surface area contributed by atoms with Gasteiger partial charge in [-0.1, -0.05) is 41.9 Å². The Kier molecular flexibility index (Phi) is 6.36. The van der Waals surface area contributed by atoms with Crippen molar-refractivity contribution in [3.63, 3.8) is 0 Å². The summed E-state index contributed by atoms with van der Waals surface area (Å²) in [7, 11) is 0. The van der Waals surface area contributed by atoms with E-state index in [4.69, 9.17) is 0 Å². The van der Waals surface area contributed by atoms with Crippen molar-refractivity contribution >= 4 is 27.5 Å². The first kappa shape index (κ1) is 15.2. The molecule has 0 radical (unpaired) electrons. The van der Waals surface area contributed by atoms with Gasteiger partial charge in [0.1, 0.15) is 0 Å². The molecule has 0 aliphatic rings. The van der Waals surface area contributed by atoms with Crippen LogP contribution in [-0.4, -0.2) is 28.7 Å². The number of anilines is 1. The Labute approximate surface area is 118 Å². The van der Waals surface area contributed by atoms with Crippen LogP contribution < -0.4 is 5.32 Å². The second-order valence-electron chi connectivity index (χ2n) is 4.27. The molecule has 100 valence electrons. The summed E-state index contributed by atoms with van der Waals surface area (Å²) < 4.78 is 0. The summed E-state index contributed by atoms with van der Waals surface area (Å²) in [6.45, 7) is 9.11. The molecule has 4 heteroatoms. The Morgan fingerprint density at radius 3 is 2.61 bits per heavy atom. The molecule has 1 aromatic carbocycles. The van der Waals surface area contributed by atoms with Gasteiger partial charge in [-0.05, 0) is 37.7 Å². The molecule has 3 nitrogen and oxygen atoms in total. The zero-order valence-corrected chi connectivity index (χ0v) is 12.8. The molecule has 1 atom stereocenters. The van der Waals surface area contributed by atoms with Gasteiger partial charge in [0.2, 0.25) is 5.91 Å². The molecule has 0 bridgehead atoms. The van der Waals surface area contributed by atoms with Crippen molar-refractivity contribution in [1.29, 1.82) is 0 Å². The number of nitrogens with one attached hydrogen (secondary N) is 1. The van der Waals surface area contributed by atoms with E-state index in [1.165, 1.54) is 5.56 Å². The Morgan fingerprint density at radius 2 is 2.06 bits per heavy atom. The minimum absolute atomic E-state index is 0.0185. The highest BCUT2D eigenvalue weighted by Crippen LogP contribution is 2.14. The minimum atomic E-state index is -0.177. The van der Waals surface area contributed by atoms with Gasteiger partial charge in [-0.25, -0.2) is 0 Å². The monoisotopic (exact) mass is 312 g/mol. The highest BCUT2D eigenvalue weighted by Gasteiger charge is 2.09. The van der Waals surface area contributed by atoms with Gasteiger partial charge in [-0.2, -0.15) is 0 Å². The number of nitrogens with zero attached hydrogens (tertiary/aromatic N) is 1. The van der Waals surface area contributed by atoms with Gasteiger partial charge in [0.05, 0.1) is 4.83 Å². The van der Waals surface area contributed by atoms with Crippen LogP contribution in [0.4, 0.5) is 5.69 Å². The molecule has 0 spiro atoms. The maximum atomic E-state index is 11.6. The van der Waals surface area contributed by atoms with Crippen LogP contribution in [0.3, 0.4) is 0 Å². The topological polar surface area (TPSA) is 32.3 Å². The molecule has 0 aliphatic heterocycles. The molecule has 0 fully saturated rings. The molecule has 1 aromatic rings. The van der Waals surface area contributed by atoms with Crippen LogP contribution in [0.25, 0.3) is 0 Å². The lowest BCUT2D eigenvalue weighted by molar-refractivity contribution is -0.115. The van der Waals surface area contributed by atoms with Gasteiger partial charge in [-0.3, -0.25) is 9.69 Å². The van der Waals surface area contributed by atoms with Gasteiger partial charge in [0.25, 0.3) is 0 Å². The van der Waals surface area contributed by atoms with Crippen molar-refractivity contribution in [2.24, 2.45) is 0 Å².